The molecule has 282 valence electrons. The van der Waals surface area contributed by atoms with Crippen molar-refractivity contribution in [2.24, 2.45) is 11.3 Å². The number of hydrogen-bond donors (Lipinski definition) is 2. The Morgan fingerprint density at radius 3 is 2.43 bits per heavy atom. The number of rotatable bonds is 12. The lowest BCUT2D eigenvalue weighted by atomic mass is 9.72. The van der Waals surface area contributed by atoms with Crippen LogP contribution in [0.2, 0.25) is 5.02 Å². The molecule has 15 heteroatoms. The maximum absolute atomic E-state index is 13.3. The first-order chi connectivity index (χ1) is 25.3. The number of piperazine rings is 1. The molecule has 3 aromatic rings. The minimum Gasteiger partial charge on any atom is -0.381 e. The maximum atomic E-state index is 13.3. The number of allylic oxidation sites excluding steroid dienone is 1. The molecule has 6 rings (SSSR count). The number of ether oxygens (including phenoxy) is 1. The average Bonchev–Trinajstić information content (AvgIpc) is 3.15. The predicted octanol–water partition coefficient (Wildman–Crippen LogP) is 6.91. The van der Waals surface area contributed by atoms with Crippen LogP contribution in [0.25, 0.3) is 5.57 Å². The number of nitrogens with one attached hydrogen (secondary N) is 2. The molecule has 0 saturated carbocycles. The quantitative estimate of drug-likeness (QED) is 0.113. The Morgan fingerprint density at radius 2 is 1.75 bits per heavy atom. The van der Waals surface area contributed by atoms with E-state index in [1.165, 1.54) is 34.9 Å². The highest BCUT2D eigenvalue weighted by atomic mass is 35.5. The molecule has 0 atom stereocenters. The molecule has 53 heavy (non-hydrogen) atoms. The van der Waals surface area contributed by atoms with Crippen LogP contribution in [0.5, 0.6) is 0 Å². The van der Waals surface area contributed by atoms with E-state index >= 15 is 0 Å². The Kier molecular flexibility index (Phi) is 12.2. The van der Waals surface area contributed by atoms with E-state index in [-0.39, 0.29) is 27.9 Å². The van der Waals surface area contributed by atoms with Gasteiger partial charge in [-0.3, -0.25) is 24.4 Å². The lowest BCUT2D eigenvalue weighted by Gasteiger charge is -2.39. The second kappa shape index (κ2) is 16.7. The maximum Gasteiger partial charge on any atom is 0.293 e. The van der Waals surface area contributed by atoms with Crippen LogP contribution in [0, 0.1) is 21.4 Å². The second-order valence-corrected chi connectivity index (χ2v) is 17.6. The van der Waals surface area contributed by atoms with E-state index in [1.54, 1.807) is 12.1 Å². The van der Waals surface area contributed by atoms with Crippen molar-refractivity contribution in [1.82, 2.24) is 9.62 Å². The molecule has 1 aliphatic carbocycles. The smallest absolute Gasteiger partial charge is 0.293 e. The van der Waals surface area contributed by atoms with Crippen LogP contribution >= 0.6 is 20.1 Å². The van der Waals surface area contributed by atoms with E-state index in [0.29, 0.717) is 19.8 Å². The number of amides is 1. The first-order valence-corrected chi connectivity index (χ1v) is 20.6. The summed E-state index contributed by atoms with van der Waals surface area (Å²) in [5.74, 6) is -0.701. The van der Waals surface area contributed by atoms with Crippen molar-refractivity contribution in [1.29, 1.82) is 0 Å². The van der Waals surface area contributed by atoms with Gasteiger partial charge < -0.3 is 15.0 Å². The van der Waals surface area contributed by atoms with Gasteiger partial charge in [0, 0.05) is 69.3 Å². The van der Waals surface area contributed by atoms with Gasteiger partial charge in [0.2, 0.25) is 0 Å². The first kappa shape index (κ1) is 38.8. The van der Waals surface area contributed by atoms with Crippen molar-refractivity contribution < 1.29 is 27.4 Å². The molecule has 0 bridgehead atoms. The Labute approximate surface area is 317 Å². The molecule has 0 spiro atoms. The number of nitro groups is 1. The Morgan fingerprint density at radius 1 is 1.04 bits per heavy atom. The van der Waals surface area contributed by atoms with Crippen LogP contribution in [-0.4, -0.2) is 76.6 Å². The summed E-state index contributed by atoms with van der Waals surface area (Å²) >= 11 is 6.18. The van der Waals surface area contributed by atoms with Gasteiger partial charge in [0.15, 0.2) is 8.46 Å². The number of carbonyl (C=O) groups is 1. The van der Waals surface area contributed by atoms with Gasteiger partial charge in [0.05, 0.1) is 20.7 Å². The summed E-state index contributed by atoms with van der Waals surface area (Å²) in [5.41, 5.74) is 4.81. The molecule has 0 aromatic heterocycles. The molecule has 2 fully saturated rings. The SMILES string of the molecule is CC1(C)CCC(CN2CCN(c3ccc(C(=O)NS(=O)(=O)c4ccc(NCC5CCOCC5)c([N+](=O)[O-])c4)c(P=O)c3)CC2)=C(c2ccc(Cl)cc2)C1. The lowest BCUT2D eigenvalue weighted by Crippen LogP contribution is -2.47. The van der Waals surface area contributed by atoms with E-state index in [0.717, 1.165) is 81.6 Å². The summed E-state index contributed by atoms with van der Waals surface area (Å²) in [6.45, 7) is 10.4. The highest BCUT2D eigenvalue weighted by Crippen LogP contribution is 2.43. The minimum absolute atomic E-state index is 0.0706. The first-order valence-electron chi connectivity index (χ1n) is 17.9. The van der Waals surface area contributed by atoms with Crippen molar-refractivity contribution in [3.05, 3.63) is 92.5 Å². The van der Waals surface area contributed by atoms with E-state index in [4.69, 9.17) is 16.3 Å². The van der Waals surface area contributed by atoms with Gasteiger partial charge in [0.1, 0.15) is 5.69 Å². The lowest BCUT2D eigenvalue weighted by molar-refractivity contribution is -0.384. The van der Waals surface area contributed by atoms with Crippen LogP contribution in [-0.2, 0) is 19.3 Å². The van der Waals surface area contributed by atoms with Crippen molar-refractivity contribution in [3.8, 4) is 0 Å². The molecule has 1 amide bonds. The van der Waals surface area contributed by atoms with Crippen molar-refractivity contribution >= 4 is 63.9 Å². The van der Waals surface area contributed by atoms with Gasteiger partial charge in [0.25, 0.3) is 21.6 Å². The third-order valence-corrected chi connectivity index (χ3v) is 12.6. The number of nitrogens with zero attached hydrogens (tertiary/aromatic N) is 3. The number of carbonyl (C=O) groups excluding carboxylic acids is 1. The zero-order chi connectivity index (χ0) is 37.8. The highest BCUT2D eigenvalue weighted by molar-refractivity contribution is 7.90. The largest absolute Gasteiger partial charge is 0.381 e. The molecule has 0 radical (unpaired) electrons. The monoisotopic (exact) mass is 781 g/mol. The number of anilines is 2. The summed E-state index contributed by atoms with van der Waals surface area (Å²) in [4.78, 5) is 28.7. The van der Waals surface area contributed by atoms with E-state index < -0.39 is 39.9 Å². The summed E-state index contributed by atoms with van der Waals surface area (Å²) in [6.07, 6.45) is 4.85. The number of hydrogen-bond acceptors (Lipinski definition) is 10. The summed E-state index contributed by atoms with van der Waals surface area (Å²) < 4.78 is 46.1. The number of benzene rings is 3. The van der Waals surface area contributed by atoms with Crippen LogP contribution in [0.1, 0.15) is 61.9 Å². The fraction of sp³-hybridized carbons (Fsp3) is 0.447. The third kappa shape index (κ3) is 9.63. The van der Waals surface area contributed by atoms with Crippen molar-refractivity contribution in [3.63, 3.8) is 0 Å². The Balaban J connectivity index is 1.10. The van der Waals surface area contributed by atoms with Gasteiger partial charge >= 0.3 is 0 Å². The van der Waals surface area contributed by atoms with Gasteiger partial charge in [-0.25, -0.2) is 13.1 Å². The zero-order valence-corrected chi connectivity index (χ0v) is 32.4. The third-order valence-electron chi connectivity index (χ3n) is 10.5. The van der Waals surface area contributed by atoms with E-state index in [9.17, 15) is 27.9 Å². The normalized spacial score (nSPS) is 18.6. The predicted molar refractivity (Wildman–Crippen MR) is 208 cm³/mol. The minimum atomic E-state index is -4.50. The summed E-state index contributed by atoms with van der Waals surface area (Å²) in [7, 11) is -4.95. The van der Waals surface area contributed by atoms with Crippen LogP contribution in [0.3, 0.4) is 0 Å². The summed E-state index contributed by atoms with van der Waals surface area (Å²) in [5, 5.41) is 15.8. The molecular weight excluding hydrogens is 737 g/mol. The van der Waals surface area contributed by atoms with Crippen LogP contribution in [0.15, 0.2) is 71.1 Å². The molecule has 3 aliphatic rings. The fourth-order valence-corrected chi connectivity index (χ4v) is 8.87. The fourth-order valence-electron chi connectivity index (χ4n) is 7.30. The van der Waals surface area contributed by atoms with Crippen LogP contribution < -0.4 is 20.2 Å². The molecule has 12 nitrogen and oxygen atoms in total. The number of sulfonamides is 1. The standard InChI is InChI=1S/C38H45ClN5O7PS/c1-38(2)14-11-28(33(23-38)27-3-5-29(39)6-4-27)25-42-15-17-43(18-16-42)30-7-9-32(36(21-30)52-48)37(45)41-53(49,50)31-8-10-34(35(22-31)44(46)47)40-24-26-12-19-51-20-13-26/h3-10,21-22,26,40H,11-20,23-25H2,1-2H3,(H,41,45). The molecule has 3 aromatic carbocycles. The Bertz CT molecular complexity index is 1990. The zero-order valence-electron chi connectivity index (χ0n) is 30.0. The Hall–Kier alpha value is -3.87. The second-order valence-electron chi connectivity index (χ2n) is 14.8. The molecule has 2 saturated heterocycles. The number of nitro benzene ring substituents is 1. The van der Waals surface area contributed by atoms with Gasteiger partial charge in [-0.05, 0) is 97.0 Å². The van der Waals surface area contributed by atoms with Gasteiger partial charge in [-0.15, -0.1) is 0 Å². The van der Waals surface area contributed by atoms with Gasteiger partial charge in [-0.2, -0.15) is 0 Å². The van der Waals surface area contributed by atoms with Gasteiger partial charge in [-0.1, -0.05) is 43.2 Å². The van der Waals surface area contributed by atoms with E-state index in [1.807, 2.05) is 16.9 Å². The molecule has 0 unspecified atom stereocenters. The van der Waals surface area contributed by atoms with Crippen molar-refractivity contribution in [2.45, 2.75) is 50.8 Å². The number of halogens is 1. The molecule has 2 aliphatic heterocycles. The molecule has 2 heterocycles. The average molecular weight is 782 g/mol. The highest BCUT2D eigenvalue weighted by Gasteiger charge is 2.30. The molecular formula is C38H45ClN5O7PS. The van der Waals surface area contributed by atoms with E-state index in [2.05, 4.69) is 41.1 Å². The molecule has 2 N–H and O–H groups in total. The topological polar surface area (TPSA) is 151 Å². The summed E-state index contributed by atoms with van der Waals surface area (Å²) in [6, 6.07) is 16.4. The van der Waals surface area contributed by atoms with Crippen LogP contribution in [0.4, 0.5) is 17.1 Å². The van der Waals surface area contributed by atoms with Crippen molar-refractivity contribution in [2.75, 3.05) is 62.7 Å².